The Morgan fingerprint density at radius 3 is 1.12 bits per heavy atom. The van der Waals surface area contributed by atoms with Crippen molar-refractivity contribution in [1.82, 2.24) is 0 Å². The molecule has 1 fully saturated rings. The molecular formula is C37H80O9S9Si3. The molecule has 0 radical (unpaired) electrons. The van der Waals surface area contributed by atoms with Crippen LogP contribution in [0.3, 0.4) is 0 Å². The zero-order chi connectivity index (χ0) is 42.6. The fourth-order valence-electron chi connectivity index (χ4n) is 7.07. The van der Waals surface area contributed by atoms with Crippen LogP contribution in [0, 0.1) is 17.8 Å². The second-order valence-electron chi connectivity index (χ2n) is 13.3. The summed E-state index contributed by atoms with van der Waals surface area (Å²) in [5.74, 6) is 9.30. The minimum absolute atomic E-state index is 0.640. The third-order valence-corrected chi connectivity index (χ3v) is 33.3. The smallest absolute Gasteiger partial charge is 0.374 e. The first-order chi connectivity index (χ1) is 28.3. The van der Waals surface area contributed by atoms with Crippen molar-refractivity contribution in [3.05, 3.63) is 0 Å². The Kier molecular flexibility index (Phi) is 40.6. The van der Waals surface area contributed by atoms with Gasteiger partial charge in [0.2, 0.25) is 0 Å². The van der Waals surface area contributed by atoms with Gasteiger partial charge in [-0.15, -0.1) is 0 Å². The van der Waals surface area contributed by atoms with E-state index in [1.54, 1.807) is 0 Å². The summed E-state index contributed by atoms with van der Waals surface area (Å²) in [6.07, 6.45) is 8.82. The van der Waals surface area contributed by atoms with Gasteiger partial charge in [0.05, 0.1) is 0 Å². The molecule has 0 aromatic rings. The Bertz CT molecular complexity index is 886. The number of hydrogen-bond acceptors (Lipinski definition) is 18. The van der Waals surface area contributed by atoms with Crippen molar-refractivity contribution in [3.63, 3.8) is 0 Å². The zero-order valence-corrected chi connectivity index (χ0v) is 47.6. The van der Waals surface area contributed by atoms with Gasteiger partial charge in [-0.25, -0.2) is 0 Å². The number of rotatable bonds is 43. The van der Waals surface area contributed by atoms with Gasteiger partial charge in [0.25, 0.3) is 0 Å². The van der Waals surface area contributed by atoms with Crippen LogP contribution in [-0.2, 0) is 39.8 Å². The van der Waals surface area contributed by atoms with Crippen LogP contribution in [0.15, 0.2) is 0 Å². The molecule has 0 heterocycles. The van der Waals surface area contributed by atoms with Gasteiger partial charge in [0.15, 0.2) is 0 Å². The van der Waals surface area contributed by atoms with Crippen molar-refractivity contribution in [3.8, 4) is 0 Å². The Hall–Kier alpha value is 3.44. The van der Waals surface area contributed by atoms with Crippen LogP contribution in [0.2, 0.25) is 18.1 Å². The summed E-state index contributed by atoms with van der Waals surface area (Å²) < 4.78 is 54.6. The van der Waals surface area contributed by atoms with Crippen LogP contribution in [0.4, 0.5) is 0 Å². The summed E-state index contributed by atoms with van der Waals surface area (Å²) in [5, 5.41) is 0. The van der Waals surface area contributed by atoms with Crippen LogP contribution >= 0.6 is 94.2 Å². The Morgan fingerprint density at radius 1 is 0.397 bits per heavy atom. The van der Waals surface area contributed by atoms with E-state index in [1.807, 2.05) is 145 Å². The average Bonchev–Trinajstić information content (AvgIpc) is 3.20. The highest BCUT2D eigenvalue weighted by molar-refractivity contribution is 9.26. The van der Waals surface area contributed by atoms with E-state index in [0.717, 1.165) is 66.0 Å². The van der Waals surface area contributed by atoms with Crippen LogP contribution in [-0.4, -0.2) is 120 Å². The molecule has 1 aliphatic carbocycles. The molecule has 3 atom stereocenters. The van der Waals surface area contributed by atoms with Crippen molar-refractivity contribution >= 4 is 121 Å². The molecule has 1 aliphatic rings. The maximum absolute atomic E-state index is 6.12. The molecule has 0 aliphatic heterocycles. The van der Waals surface area contributed by atoms with Gasteiger partial charge < -0.3 is 39.8 Å². The van der Waals surface area contributed by atoms with Crippen LogP contribution in [0.25, 0.3) is 0 Å². The molecule has 0 amide bonds. The van der Waals surface area contributed by atoms with Gasteiger partial charge in [-0.1, -0.05) is 43.2 Å². The zero-order valence-electron chi connectivity index (χ0n) is 37.3. The van der Waals surface area contributed by atoms with Crippen molar-refractivity contribution < 1.29 is 39.8 Å². The molecule has 1 saturated carbocycles. The lowest BCUT2D eigenvalue weighted by Gasteiger charge is -2.36. The van der Waals surface area contributed by atoms with Gasteiger partial charge in [-0.05, 0) is 176 Å². The molecule has 348 valence electrons. The molecule has 1 rings (SSSR count). The predicted molar refractivity (Wildman–Crippen MR) is 277 cm³/mol. The van der Waals surface area contributed by atoms with E-state index in [9.17, 15) is 0 Å². The number of thioether (sulfide) groups is 1. The molecule has 0 aromatic carbocycles. The standard InChI is InChI=1S/C37H80O9S9Si3/c1-10-38-56(39-11-2,40-12-3)30-19-25-48-52-54-50-27-23-36-22-21-35(34-47-29-32-58(44-16-7,45-17-8)46-18-9)33-37(36)24-28-51-55-53-49-26-20-31-57(41-13-4,42-14-5)43-15-6/h35-37H,10-34H2,1-9H3. The molecule has 0 saturated heterocycles. The van der Waals surface area contributed by atoms with Crippen molar-refractivity contribution in [1.29, 1.82) is 0 Å². The summed E-state index contributed by atoms with van der Waals surface area (Å²) in [7, 11) is 8.07. The molecular weight excluding hydrogens is 961 g/mol. The van der Waals surface area contributed by atoms with Gasteiger partial charge in [-0.2, -0.15) is 11.8 Å². The van der Waals surface area contributed by atoms with Crippen molar-refractivity contribution in [2.24, 2.45) is 17.8 Å². The molecule has 58 heavy (non-hydrogen) atoms. The van der Waals surface area contributed by atoms with E-state index in [-0.39, 0.29) is 0 Å². The molecule has 0 N–H and O–H groups in total. The van der Waals surface area contributed by atoms with E-state index >= 15 is 0 Å². The Morgan fingerprint density at radius 2 is 0.741 bits per heavy atom. The van der Waals surface area contributed by atoms with Crippen molar-refractivity contribution in [2.75, 3.05) is 94.0 Å². The summed E-state index contributed by atoms with van der Waals surface area (Å²) >= 11 is 2.09. The lowest BCUT2D eigenvalue weighted by atomic mass is 9.72. The normalized spacial score (nSPS) is 18.1. The van der Waals surface area contributed by atoms with Crippen LogP contribution in [0.5, 0.6) is 0 Å². The summed E-state index contributed by atoms with van der Waals surface area (Å²) in [4.78, 5) is 0. The topological polar surface area (TPSA) is 83.1 Å². The van der Waals surface area contributed by atoms with Crippen LogP contribution in [0.1, 0.15) is 107 Å². The van der Waals surface area contributed by atoms with E-state index < -0.39 is 26.4 Å². The molecule has 9 nitrogen and oxygen atoms in total. The highest BCUT2D eigenvalue weighted by Crippen LogP contribution is 2.48. The maximum atomic E-state index is 6.12. The first-order valence-corrected chi connectivity index (χ1v) is 39.0. The lowest BCUT2D eigenvalue weighted by Crippen LogP contribution is -2.46. The van der Waals surface area contributed by atoms with E-state index in [1.165, 1.54) is 49.4 Å². The Labute approximate surface area is 394 Å². The Balaban J connectivity index is 2.57. The van der Waals surface area contributed by atoms with Gasteiger partial charge in [0.1, 0.15) is 0 Å². The minimum atomic E-state index is -2.58. The second kappa shape index (κ2) is 39.6. The molecule has 0 spiro atoms. The fraction of sp³-hybridized carbons (Fsp3) is 1.00. The monoisotopic (exact) mass is 1040 g/mol. The van der Waals surface area contributed by atoms with Crippen LogP contribution < -0.4 is 0 Å². The third-order valence-electron chi connectivity index (χ3n) is 9.25. The number of hydrogen-bond donors (Lipinski definition) is 0. The summed E-state index contributed by atoms with van der Waals surface area (Å²) in [6, 6.07) is 2.67. The van der Waals surface area contributed by atoms with E-state index in [4.69, 9.17) is 39.8 Å². The van der Waals surface area contributed by atoms with Gasteiger partial charge in [0, 0.05) is 101 Å². The van der Waals surface area contributed by atoms with E-state index in [2.05, 4.69) is 11.8 Å². The highest BCUT2D eigenvalue weighted by Gasteiger charge is 2.41. The first-order valence-electron chi connectivity index (χ1n) is 21.8. The molecule has 3 unspecified atom stereocenters. The minimum Gasteiger partial charge on any atom is -0.374 e. The average molecular weight is 1040 g/mol. The van der Waals surface area contributed by atoms with E-state index in [0.29, 0.717) is 59.5 Å². The summed E-state index contributed by atoms with van der Waals surface area (Å²) in [5.41, 5.74) is 0. The SMILES string of the molecule is CCO[Si](CCCSSSSCCC1CCC(CSCC[Si](OCC)(OCC)OCC)CC1CCSSSSCCC[Si](OCC)(OCC)OCC)(OCC)OCC. The second-order valence-corrected chi connectivity index (χ2v) is 35.1. The third kappa shape index (κ3) is 27.2. The largest absolute Gasteiger partial charge is 0.501 e. The molecule has 21 heteroatoms. The van der Waals surface area contributed by atoms with Gasteiger partial charge >= 0.3 is 26.4 Å². The first kappa shape index (κ1) is 59.5. The molecule has 0 aromatic heterocycles. The highest BCUT2D eigenvalue weighted by atomic mass is 33.7. The molecule has 0 bridgehead atoms. The fourth-order valence-corrected chi connectivity index (χ4v) is 29.6. The van der Waals surface area contributed by atoms with Gasteiger partial charge in [-0.3, -0.25) is 0 Å². The summed E-state index contributed by atoms with van der Waals surface area (Å²) in [6.45, 7) is 24.1. The predicted octanol–water partition coefficient (Wildman–Crippen LogP) is 13.8. The van der Waals surface area contributed by atoms with Crippen molar-refractivity contribution in [2.45, 2.75) is 125 Å². The lowest BCUT2D eigenvalue weighted by molar-refractivity contribution is 0.0704. The maximum Gasteiger partial charge on any atom is 0.501 e. The quantitative estimate of drug-likeness (QED) is 0.0330.